The molecule has 1 aromatic heterocycles. The van der Waals surface area contributed by atoms with Gasteiger partial charge >= 0.3 is 0 Å². The van der Waals surface area contributed by atoms with Crippen molar-refractivity contribution in [3.05, 3.63) is 59.8 Å². The van der Waals surface area contributed by atoms with Crippen molar-refractivity contribution in [2.24, 2.45) is 0 Å². The molecule has 2 nitrogen and oxygen atoms in total. The Hall–Kier alpha value is -2.06. The molecule has 0 radical (unpaired) electrons. The van der Waals surface area contributed by atoms with E-state index in [1.807, 2.05) is 0 Å². The maximum atomic E-state index is 3.54. The molecule has 1 N–H and O–H groups in total. The van der Waals surface area contributed by atoms with Crippen LogP contribution < -0.4 is 0 Å². The number of H-pyrrole nitrogens is 1. The van der Waals surface area contributed by atoms with Gasteiger partial charge in [0.15, 0.2) is 0 Å². The maximum absolute atomic E-state index is 3.54. The first-order chi connectivity index (χ1) is 9.31. The number of nitrogens with zero attached hydrogens (tertiary/aromatic N) is 1. The summed E-state index contributed by atoms with van der Waals surface area (Å²) < 4.78 is 0. The zero-order chi connectivity index (χ0) is 12.8. The van der Waals surface area contributed by atoms with E-state index in [-0.39, 0.29) is 0 Å². The lowest BCUT2D eigenvalue weighted by Gasteiger charge is -2.06. The van der Waals surface area contributed by atoms with E-state index in [1.54, 1.807) is 0 Å². The van der Waals surface area contributed by atoms with Crippen LogP contribution in [0.1, 0.15) is 11.3 Å². The van der Waals surface area contributed by atoms with Gasteiger partial charge in [-0.05, 0) is 35.9 Å². The average Bonchev–Trinajstić information content (AvgIpc) is 2.95. The van der Waals surface area contributed by atoms with Gasteiger partial charge in [0, 0.05) is 29.7 Å². The van der Waals surface area contributed by atoms with Crippen molar-refractivity contribution in [2.75, 3.05) is 7.05 Å². The summed E-state index contributed by atoms with van der Waals surface area (Å²) in [6.45, 7) is 2.08. The summed E-state index contributed by atoms with van der Waals surface area (Å²) >= 11 is 0. The van der Waals surface area contributed by atoms with Gasteiger partial charge in [0.25, 0.3) is 0 Å². The Balaban J connectivity index is 1.90. The van der Waals surface area contributed by atoms with Crippen molar-refractivity contribution >= 4 is 10.9 Å². The first-order valence-corrected chi connectivity index (χ1v) is 6.69. The fraction of sp³-hybridized carbons (Fsp3) is 0.176. The SMILES string of the molecule is CN1Cc2[nH]c3ccc(-c4ccccc4)cc3c2C1. The predicted octanol–water partition coefficient (Wildman–Crippen LogP) is 3.78. The van der Waals surface area contributed by atoms with E-state index in [0.29, 0.717) is 0 Å². The number of hydrogen-bond donors (Lipinski definition) is 1. The molecule has 2 heteroatoms. The third-order valence-corrected chi connectivity index (χ3v) is 3.96. The van der Waals surface area contributed by atoms with Crippen LogP contribution in [0.5, 0.6) is 0 Å². The van der Waals surface area contributed by atoms with Crippen molar-refractivity contribution in [3.8, 4) is 11.1 Å². The number of aromatic nitrogens is 1. The summed E-state index contributed by atoms with van der Waals surface area (Å²) in [7, 11) is 2.17. The molecule has 2 aromatic carbocycles. The van der Waals surface area contributed by atoms with Crippen LogP contribution in [-0.2, 0) is 13.1 Å². The van der Waals surface area contributed by atoms with Crippen LogP contribution in [0, 0.1) is 0 Å². The summed E-state index contributed by atoms with van der Waals surface area (Å²) in [5.74, 6) is 0. The molecule has 0 unspecified atom stereocenters. The van der Waals surface area contributed by atoms with E-state index in [4.69, 9.17) is 0 Å². The van der Waals surface area contributed by atoms with E-state index in [0.717, 1.165) is 13.1 Å². The Morgan fingerprint density at radius 3 is 2.63 bits per heavy atom. The molecule has 0 bridgehead atoms. The number of fused-ring (bicyclic) bond motifs is 3. The second-order valence-electron chi connectivity index (χ2n) is 5.38. The lowest BCUT2D eigenvalue weighted by Crippen LogP contribution is -2.08. The van der Waals surface area contributed by atoms with Crippen LogP contribution in [0.2, 0.25) is 0 Å². The number of aromatic amines is 1. The lowest BCUT2D eigenvalue weighted by molar-refractivity contribution is 0.351. The van der Waals surface area contributed by atoms with Crippen molar-refractivity contribution in [3.63, 3.8) is 0 Å². The van der Waals surface area contributed by atoms with E-state index in [9.17, 15) is 0 Å². The Labute approximate surface area is 112 Å². The summed E-state index contributed by atoms with van der Waals surface area (Å²) in [4.78, 5) is 5.89. The maximum Gasteiger partial charge on any atom is 0.0460 e. The fourth-order valence-electron chi connectivity index (χ4n) is 3.02. The minimum Gasteiger partial charge on any atom is -0.357 e. The highest BCUT2D eigenvalue weighted by Gasteiger charge is 2.20. The number of nitrogens with one attached hydrogen (secondary N) is 1. The Morgan fingerprint density at radius 2 is 1.79 bits per heavy atom. The normalized spacial score (nSPS) is 15.0. The molecule has 0 saturated heterocycles. The Kier molecular flexibility index (Phi) is 2.26. The first kappa shape index (κ1) is 10.8. The minimum atomic E-state index is 1.03. The number of hydrogen-bond acceptors (Lipinski definition) is 1. The number of benzene rings is 2. The molecular weight excluding hydrogens is 232 g/mol. The third kappa shape index (κ3) is 1.68. The van der Waals surface area contributed by atoms with E-state index >= 15 is 0 Å². The van der Waals surface area contributed by atoms with Crippen LogP contribution in [0.4, 0.5) is 0 Å². The van der Waals surface area contributed by atoms with Gasteiger partial charge in [-0.1, -0.05) is 36.4 Å². The molecule has 3 aromatic rings. The summed E-state index contributed by atoms with van der Waals surface area (Å²) in [5, 5.41) is 1.38. The molecule has 94 valence electrons. The number of rotatable bonds is 1. The van der Waals surface area contributed by atoms with Gasteiger partial charge in [-0.25, -0.2) is 0 Å². The standard InChI is InChI=1S/C17H16N2/c1-19-10-15-14-9-13(12-5-3-2-4-6-12)7-8-16(14)18-17(15)11-19/h2-9,18H,10-11H2,1H3. The molecule has 1 aliphatic heterocycles. The first-order valence-electron chi connectivity index (χ1n) is 6.69. The summed E-state index contributed by atoms with van der Waals surface area (Å²) in [6.07, 6.45) is 0. The smallest absolute Gasteiger partial charge is 0.0460 e. The molecule has 4 rings (SSSR count). The average molecular weight is 248 g/mol. The zero-order valence-corrected chi connectivity index (χ0v) is 11.0. The molecule has 2 heterocycles. The fourth-order valence-corrected chi connectivity index (χ4v) is 3.02. The van der Waals surface area contributed by atoms with Crippen molar-refractivity contribution < 1.29 is 0 Å². The van der Waals surface area contributed by atoms with Crippen molar-refractivity contribution in [1.82, 2.24) is 9.88 Å². The molecule has 1 aliphatic rings. The minimum absolute atomic E-state index is 1.03. The van der Waals surface area contributed by atoms with Crippen LogP contribution in [0.15, 0.2) is 48.5 Å². The Bertz CT molecular complexity index is 741. The summed E-state index contributed by atoms with van der Waals surface area (Å²) in [6, 6.07) is 17.3. The van der Waals surface area contributed by atoms with Gasteiger partial charge in [-0.15, -0.1) is 0 Å². The highest BCUT2D eigenvalue weighted by molar-refractivity contribution is 5.89. The molecule has 0 spiro atoms. The summed E-state index contributed by atoms with van der Waals surface area (Å²) in [5.41, 5.74) is 6.69. The molecule has 0 amide bonds. The molecule has 0 atom stereocenters. The van der Waals surface area contributed by atoms with Crippen LogP contribution in [0.25, 0.3) is 22.0 Å². The molecule has 0 fully saturated rings. The monoisotopic (exact) mass is 248 g/mol. The second kappa shape index (κ2) is 3.97. The zero-order valence-electron chi connectivity index (χ0n) is 11.0. The van der Waals surface area contributed by atoms with E-state index in [1.165, 1.54) is 33.3 Å². The van der Waals surface area contributed by atoms with Crippen LogP contribution >= 0.6 is 0 Å². The molecule has 0 aliphatic carbocycles. The predicted molar refractivity (Wildman–Crippen MR) is 78.9 cm³/mol. The quantitative estimate of drug-likeness (QED) is 0.694. The van der Waals surface area contributed by atoms with Gasteiger partial charge in [0.2, 0.25) is 0 Å². The van der Waals surface area contributed by atoms with E-state index in [2.05, 4.69) is 65.5 Å². The highest BCUT2D eigenvalue weighted by atomic mass is 15.1. The van der Waals surface area contributed by atoms with Gasteiger partial charge in [0.1, 0.15) is 0 Å². The van der Waals surface area contributed by atoms with Crippen LogP contribution in [-0.4, -0.2) is 16.9 Å². The largest absolute Gasteiger partial charge is 0.357 e. The van der Waals surface area contributed by atoms with Crippen LogP contribution in [0.3, 0.4) is 0 Å². The third-order valence-electron chi connectivity index (χ3n) is 3.96. The molecule has 0 saturated carbocycles. The van der Waals surface area contributed by atoms with Gasteiger partial charge in [0.05, 0.1) is 0 Å². The topological polar surface area (TPSA) is 19.0 Å². The molecular formula is C17H16N2. The van der Waals surface area contributed by atoms with Gasteiger partial charge in [-0.2, -0.15) is 0 Å². The molecule has 19 heavy (non-hydrogen) atoms. The van der Waals surface area contributed by atoms with Crippen molar-refractivity contribution in [2.45, 2.75) is 13.1 Å². The van der Waals surface area contributed by atoms with E-state index < -0.39 is 0 Å². The lowest BCUT2D eigenvalue weighted by atomic mass is 10.0. The second-order valence-corrected chi connectivity index (χ2v) is 5.38. The Morgan fingerprint density at radius 1 is 0.947 bits per heavy atom. The van der Waals surface area contributed by atoms with Gasteiger partial charge < -0.3 is 4.98 Å². The highest BCUT2D eigenvalue weighted by Crippen LogP contribution is 2.32. The van der Waals surface area contributed by atoms with Gasteiger partial charge in [-0.3, -0.25) is 4.90 Å². The van der Waals surface area contributed by atoms with Crippen molar-refractivity contribution in [1.29, 1.82) is 0 Å².